The first-order chi connectivity index (χ1) is 15.5. The lowest BCUT2D eigenvalue weighted by molar-refractivity contribution is -0.148. The maximum atomic E-state index is 13.4. The Balaban J connectivity index is 1.34. The van der Waals surface area contributed by atoms with Crippen LogP contribution in [0.5, 0.6) is 0 Å². The molecule has 1 aliphatic heterocycles. The van der Waals surface area contributed by atoms with Crippen LogP contribution in [0.2, 0.25) is 0 Å². The highest BCUT2D eigenvalue weighted by Gasteiger charge is 2.43. The van der Waals surface area contributed by atoms with Crippen LogP contribution < -0.4 is 16.0 Å². The molecule has 7 nitrogen and oxygen atoms in total. The highest BCUT2D eigenvalue weighted by Crippen LogP contribution is 2.44. The van der Waals surface area contributed by atoms with Gasteiger partial charge in [0.15, 0.2) is 0 Å². The van der Waals surface area contributed by atoms with E-state index in [1.165, 1.54) is 0 Å². The zero-order valence-electron chi connectivity index (χ0n) is 19.0. The monoisotopic (exact) mass is 465 g/mol. The average Bonchev–Trinajstić information content (AvgIpc) is 3.34. The van der Waals surface area contributed by atoms with Crippen molar-refractivity contribution in [1.82, 2.24) is 16.0 Å². The van der Waals surface area contributed by atoms with Crippen molar-refractivity contribution in [2.24, 2.45) is 23.7 Å². The molecule has 0 bridgehead atoms. The molecule has 0 spiro atoms. The van der Waals surface area contributed by atoms with Gasteiger partial charge in [0.1, 0.15) is 5.37 Å². The van der Waals surface area contributed by atoms with E-state index in [2.05, 4.69) is 16.0 Å². The van der Waals surface area contributed by atoms with Crippen LogP contribution in [-0.4, -0.2) is 52.6 Å². The highest BCUT2D eigenvalue weighted by molar-refractivity contribution is 8.00. The standard InChI is InChI=1S/C24H39N3O4S/c28-21(19-10-3-1-8-17(19)18-9-2-4-11-20(18)24(30)31)26-15-6-5-7-16(14-15)27-22(29)23-25-12-13-32-23/h15-20,23,25H,1-14H2,(H,26,28)(H,27,29)(H,30,31). The molecule has 4 N–H and O–H groups in total. The van der Waals surface area contributed by atoms with Crippen LogP contribution in [0, 0.1) is 23.7 Å². The molecular weight excluding hydrogens is 426 g/mol. The lowest BCUT2D eigenvalue weighted by atomic mass is 9.63. The number of thioether (sulfide) groups is 1. The van der Waals surface area contributed by atoms with E-state index < -0.39 is 5.97 Å². The zero-order chi connectivity index (χ0) is 22.5. The summed E-state index contributed by atoms with van der Waals surface area (Å²) >= 11 is 1.65. The third-order valence-corrected chi connectivity index (χ3v) is 9.32. The minimum atomic E-state index is -0.680. The summed E-state index contributed by atoms with van der Waals surface area (Å²) in [5.74, 6) is 0.430. The van der Waals surface area contributed by atoms with Crippen molar-refractivity contribution < 1.29 is 19.5 Å². The van der Waals surface area contributed by atoms with Crippen molar-refractivity contribution in [2.45, 2.75) is 94.5 Å². The molecule has 7 unspecified atom stereocenters. The van der Waals surface area contributed by atoms with E-state index in [1.807, 2.05) is 0 Å². The van der Waals surface area contributed by atoms with Crippen molar-refractivity contribution in [3.63, 3.8) is 0 Å². The average molecular weight is 466 g/mol. The molecule has 4 fully saturated rings. The van der Waals surface area contributed by atoms with E-state index in [4.69, 9.17) is 0 Å². The summed E-state index contributed by atoms with van der Waals surface area (Å²) in [5, 5.41) is 19.3. The largest absolute Gasteiger partial charge is 0.481 e. The van der Waals surface area contributed by atoms with E-state index in [9.17, 15) is 19.5 Å². The smallest absolute Gasteiger partial charge is 0.306 e. The summed E-state index contributed by atoms with van der Waals surface area (Å²) in [4.78, 5) is 37.7. The van der Waals surface area contributed by atoms with Crippen LogP contribution in [0.4, 0.5) is 0 Å². The van der Waals surface area contributed by atoms with Crippen LogP contribution in [0.25, 0.3) is 0 Å². The van der Waals surface area contributed by atoms with Crippen LogP contribution in [-0.2, 0) is 14.4 Å². The van der Waals surface area contributed by atoms with E-state index in [0.29, 0.717) is 0 Å². The molecule has 7 atom stereocenters. The molecule has 2 amide bonds. The van der Waals surface area contributed by atoms with Crippen molar-refractivity contribution >= 4 is 29.5 Å². The number of carboxylic acids is 1. The topological polar surface area (TPSA) is 108 Å². The SMILES string of the molecule is O=C(NC1CCCC(NC(=O)C2CCCCC2C2CCCCC2C(=O)O)C1)C1NCCS1. The fourth-order valence-electron chi connectivity index (χ4n) is 6.61. The van der Waals surface area contributed by atoms with Crippen LogP contribution >= 0.6 is 11.8 Å². The van der Waals surface area contributed by atoms with Gasteiger partial charge < -0.3 is 15.7 Å². The van der Waals surface area contributed by atoms with Crippen molar-refractivity contribution in [3.8, 4) is 0 Å². The second-order valence-corrected chi connectivity index (χ2v) is 11.4. The van der Waals surface area contributed by atoms with Gasteiger partial charge >= 0.3 is 5.97 Å². The van der Waals surface area contributed by atoms with Crippen LogP contribution in [0.15, 0.2) is 0 Å². The Bertz CT molecular complexity index is 684. The number of carboxylic acid groups (broad SMARTS) is 1. The summed E-state index contributed by atoms with van der Waals surface area (Å²) < 4.78 is 0. The van der Waals surface area contributed by atoms with Crippen LogP contribution in [0.1, 0.15) is 77.0 Å². The van der Waals surface area contributed by atoms with Gasteiger partial charge in [0.05, 0.1) is 5.92 Å². The van der Waals surface area contributed by atoms with Gasteiger partial charge in [0, 0.05) is 30.3 Å². The molecule has 3 aliphatic carbocycles. The summed E-state index contributed by atoms with van der Waals surface area (Å²) in [6.45, 7) is 0.873. The maximum Gasteiger partial charge on any atom is 0.306 e. The molecule has 3 saturated carbocycles. The fraction of sp³-hybridized carbons (Fsp3) is 0.875. The van der Waals surface area contributed by atoms with E-state index >= 15 is 0 Å². The molecular formula is C24H39N3O4S. The number of carbonyl (C=O) groups excluding carboxylic acids is 2. The first-order valence-electron chi connectivity index (χ1n) is 12.7. The predicted octanol–water partition coefficient (Wildman–Crippen LogP) is 2.89. The number of rotatable bonds is 6. The summed E-state index contributed by atoms with van der Waals surface area (Å²) in [6, 6.07) is 0.205. The second kappa shape index (κ2) is 11.2. The molecule has 1 saturated heterocycles. The Morgan fingerprint density at radius 3 is 1.97 bits per heavy atom. The van der Waals surface area contributed by atoms with Crippen molar-refractivity contribution in [1.29, 1.82) is 0 Å². The molecule has 4 rings (SSSR count). The van der Waals surface area contributed by atoms with Gasteiger partial charge in [-0.2, -0.15) is 0 Å². The van der Waals surface area contributed by atoms with Crippen LogP contribution in [0.3, 0.4) is 0 Å². The predicted molar refractivity (Wildman–Crippen MR) is 125 cm³/mol. The van der Waals surface area contributed by atoms with Gasteiger partial charge in [-0.1, -0.05) is 25.7 Å². The maximum absolute atomic E-state index is 13.4. The summed E-state index contributed by atoms with van der Waals surface area (Å²) in [5.41, 5.74) is 0. The number of hydrogen-bond acceptors (Lipinski definition) is 5. The third-order valence-electron chi connectivity index (χ3n) is 8.16. The molecule has 1 heterocycles. The Hall–Kier alpha value is -1.28. The van der Waals surface area contributed by atoms with Gasteiger partial charge in [0.25, 0.3) is 0 Å². The molecule has 8 heteroatoms. The number of aliphatic carboxylic acids is 1. The number of carbonyl (C=O) groups is 3. The van der Waals surface area contributed by atoms with E-state index in [-0.39, 0.29) is 52.9 Å². The van der Waals surface area contributed by atoms with E-state index in [0.717, 1.165) is 89.3 Å². The van der Waals surface area contributed by atoms with Crippen molar-refractivity contribution in [3.05, 3.63) is 0 Å². The van der Waals surface area contributed by atoms with E-state index in [1.54, 1.807) is 11.8 Å². The molecule has 0 aromatic carbocycles. The third kappa shape index (κ3) is 5.79. The van der Waals surface area contributed by atoms with Crippen molar-refractivity contribution in [2.75, 3.05) is 12.3 Å². The second-order valence-electron chi connectivity index (χ2n) is 10.2. The minimum absolute atomic E-state index is 0.0637. The zero-order valence-corrected chi connectivity index (χ0v) is 19.8. The Morgan fingerprint density at radius 1 is 0.750 bits per heavy atom. The normalized spacial score (nSPS) is 38.1. The number of nitrogens with one attached hydrogen (secondary N) is 3. The quantitative estimate of drug-likeness (QED) is 0.480. The van der Waals surface area contributed by atoms with Gasteiger partial charge in [-0.05, 0) is 63.2 Å². The summed E-state index contributed by atoms with van der Waals surface area (Å²) in [6.07, 6.45) is 11.5. The van der Waals surface area contributed by atoms with Gasteiger partial charge in [-0.15, -0.1) is 11.8 Å². The van der Waals surface area contributed by atoms with Gasteiger partial charge in [-0.25, -0.2) is 0 Å². The molecule has 32 heavy (non-hydrogen) atoms. The lowest BCUT2D eigenvalue weighted by Gasteiger charge is -2.41. The molecule has 0 aromatic rings. The molecule has 180 valence electrons. The number of amides is 2. The van der Waals surface area contributed by atoms with Gasteiger partial charge in [0.2, 0.25) is 11.8 Å². The Morgan fingerprint density at radius 2 is 1.34 bits per heavy atom. The summed E-state index contributed by atoms with van der Waals surface area (Å²) in [7, 11) is 0. The first kappa shape index (κ1) is 23.9. The molecule has 4 aliphatic rings. The molecule has 0 radical (unpaired) electrons. The fourth-order valence-corrected chi connectivity index (χ4v) is 7.53. The first-order valence-corrected chi connectivity index (χ1v) is 13.8. The van der Waals surface area contributed by atoms with Gasteiger partial charge in [-0.3, -0.25) is 19.7 Å². The number of hydrogen-bond donors (Lipinski definition) is 4. The molecule has 0 aromatic heterocycles. The Kier molecular flexibility index (Phi) is 8.38. The lowest BCUT2D eigenvalue weighted by Crippen LogP contribution is -2.51. The highest BCUT2D eigenvalue weighted by atomic mass is 32.2. The minimum Gasteiger partial charge on any atom is -0.481 e. The Labute approximate surface area is 195 Å².